The fraction of sp³-hybridized carbons (Fsp3) is 0.600. The fourth-order valence-corrected chi connectivity index (χ4v) is 4.08. The van der Waals surface area contributed by atoms with Crippen molar-refractivity contribution < 1.29 is 13.5 Å². The molecule has 1 heterocycles. The van der Waals surface area contributed by atoms with Crippen molar-refractivity contribution in [3.05, 3.63) is 34.3 Å². The van der Waals surface area contributed by atoms with E-state index in [-0.39, 0.29) is 5.92 Å². The van der Waals surface area contributed by atoms with Gasteiger partial charge in [-0.2, -0.15) is 0 Å². The van der Waals surface area contributed by atoms with Crippen molar-refractivity contribution >= 4 is 21.6 Å². The molecular weight excluding hydrogens is 310 g/mol. The number of sulfonamides is 1. The number of nitrogens with zero attached hydrogens (tertiary/aromatic N) is 1. The molecule has 6 heteroatoms. The number of halogens is 1. The molecule has 0 spiro atoms. The van der Waals surface area contributed by atoms with Gasteiger partial charge in [0.25, 0.3) is 0 Å². The monoisotopic (exact) mass is 331 g/mol. The summed E-state index contributed by atoms with van der Waals surface area (Å²) in [6, 6.07) is 5.62. The minimum atomic E-state index is -3.15. The van der Waals surface area contributed by atoms with Gasteiger partial charge in [-0.15, -0.1) is 0 Å². The van der Waals surface area contributed by atoms with E-state index in [1.807, 2.05) is 25.1 Å². The first-order valence-electron chi connectivity index (χ1n) is 7.17. The third-order valence-corrected chi connectivity index (χ3v) is 5.87. The third-order valence-electron chi connectivity index (χ3n) is 4.09. The van der Waals surface area contributed by atoms with Crippen LogP contribution in [0.1, 0.15) is 36.5 Å². The smallest absolute Gasteiger partial charge is 0.211 e. The van der Waals surface area contributed by atoms with E-state index in [4.69, 9.17) is 11.6 Å². The summed E-state index contributed by atoms with van der Waals surface area (Å²) in [7, 11) is -3.15. The summed E-state index contributed by atoms with van der Waals surface area (Å²) in [5.74, 6) is 0.167. The molecule has 1 aliphatic rings. The molecule has 0 amide bonds. The number of hydrogen-bond acceptors (Lipinski definition) is 3. The zero-order valence-corrected chi connectivity index (χ0v) is 14.0. The predicted octanol–water partition coefficient (Wildman–Crippen LogP) is 2.74. The SMILES string of the molecule is Cc1cccc(C(O)CC2CCCN(S(C)(=O)=O)C2)c1Cl. The molecular formula is C15H22ClNO3S. The molecule has 0 radical (unpaired) electrons. The first kappa shape index (κ1) is 16.7. The summed E-state index contributed by atoms with van der Waals surface area (Å²) in [5, 5.41) is 11.0. The summed E-state index contributed by atoms with van der Waals surface area (Å²) in [4.78, 5) is 0. The molecule has 0 bridgehead atoms. The van der Waals surface area contributed by atoms with Crippen molar-refractivity contribution in [2.75, 3.05) is 19.3 Å². The highest BCUT2D eigenvalue weighted by atomic mass is 35.5. The van der Waals surface area contributed by atoms with Crippen LogP contribution < -0.4 is 0 Å². The van der Waals surface area contributed by atoms with Gasteiger partial charge < -0.3 is 5.11 Å². The molecule has 21 heavy (non-hydrogen) atoms. The average molecular weight is 332 g/mol. The van der Waals surface area contributed by atoms with Crippen molar-refractivity contribution in [3.63, 3.8) is 0 Å². The molecule has 118 valence electrons. The Morgan fingerprint density at radius 1 is 1.48 bits per heavy atom. The zero-order chi connectivity index (χ0) is 15.6. The summed E-state index contributed by atoms with van der Waals surface area (Å²) in [6.07, 6.45) is 2.90. The van der Waals surface area contributed by atoms with E-state index in [1.165, 1.54) is 10.6 Å². The lowest BCUT2D eigenvalue weighted by atomic mass is 9.90. The molecule has 1 aromatic carbocycles. The third kappa shape index (κ3) is 4.19. The summed E-state index contributed by atoms with van der Waals surface area (Å²) in [6.45, 7) is 2.97. The van der Waals surface area contributed by atoms with Gasteiger partial charge in [0.15, 0.2) is 0 Å². The van der Waals surface area contributed by atoms with Crippen LogP contribution in [0.25, 0.3) is 0 Å². The predicted molar refractivity (Wildman–Crippen MR) is 84.9 cm³/mol. The minimum Gasteiger partial charge on any atom is -0.388 e. The van der Waals surface area contributed by atoms with Crippen LogP contribution in [-0.4, -0.2) is 37.2 Å². The first-order chi connectivity index (χ1) is 9.79. The van der Waals surface area contributed by atoms with Gasteiger partial charge >= 0.3 is 0 Å². The topological polar surface area (TPSA) is 57.6 Å². The molecule has 2 atom stereocenters. The van der Waals surface area contributed by atoms with Gasteiger partial charge in [-0.3, -0.25) is 0 Å². The Labute approximate surface area is 131 Å². The molecule has 4 nitrogen and oxygen atoms in total. The Morgan fingerprint density at radius 3 is 2.86 bits per heavy atom. The van der Waals surface area contributed by atoms with E-state index in [2.05, 4.69) is 0 Å². The van der Waals surface area contributed by atoms with Crippen molar-refractivity contribution in [3.8, 4) is 0 Å². The van der Waals surface area contributed by atoms with E-state index in [9.17, 15) is 13.5 Å². The van der Waals surface area contributed by atoms with Gasteiger partial charge in [0.1, 0.15) is 0 Å². The molecule has 1 N–H and O–H groups in total. The number of piperidine rings is 1. The van der Waals surface area contributed by atoms with E-state index >= 15 is 0 Å². The second-order valence-corrected chi connectivity index (χ2v) is 8.22. The largest absolute Gasteiger partial charge is 0.388 e. The van der Waals surface area contributed by atoms with Crippen LogP contribution in [0.5, 0.6) is 0 Å². The summed E-state index contributed by atoms with van der Waals surface area (Å²) < 4.78 is 24.8. The van der Waals surface area contributed by atoms with E-state index in [0.29, 0.717) is 24.5 Å². The van der Waals surface area contributed by atoms with Crippen LogP contribution in [0.3, 0.4) is 0 Å². The first-order valence-corrected chi connectivity index (χ1v) is 9.40. The quantitative estimate of drug-likeness (QED) is 0.923. The lowest BCUT2D eigenvalue weighted by Gasteiger charge is -2.32. The normalized spacial score (nSPS) is 22.2. The Kier molecular flexibility index (Phi) is 5.30. The van der Waals surface area contributed by atoms with Gasteiger partial charge in [-0.25, -0.2) is 12.7 Å². The number of aliphatic hydroxyl groups is 1. The molecule has 1 aromatic rings. The molecule has 0 saturated carbocycles. The Hall–Kier alpha value is -0.620. The van der Waals surface area contributed by atoms with Crippen molar-refractivity contribution in [1.82, 2.24) is 4.31 Å². The maximum Gasteiger partial charge on any atom is 0.211 e. The maximum absolute atomic E-state index is 11.6. The Morgan fingerprint density at radius 2 is 2.19 bits per heavy atom. The molecule has 1 aliphatic heterocycles. The summed E-state index contributed by atoms with van der Waals surface area (Å²) in [5.41, 5.74) is 1.67. The highest BCUT2D eigenvalue weighted by molar-refractivity contribution is 7.88. The second-order valence-electron chi connectivity index (χ2n) is 5.86. The van der Waals surface area contributed by atoms with Gasteiger partial charge in [-0.1, -0.05) is 29.8 Å². The Balaban J connectivity index is 2.06. The highest BCUT2D eigenvalue weighted by Crippen LogP contribution is 2.32. The van der Waals surface area contributed by atoms with Crippen molar-refractivity contribution in [2.45, 2.75) is 32.3 Å². The number of rotatable bonds is 4. The number of benzene rings is 1. The van der Waals surface area contributed by atoms with Crippen LogP contribution >= 0.6 is 11.6 Å². The minimum absolute atomic E-state index is 0.167. The molecule has 0 aliphatic carbocycles. The van der Waals surface area contributed by atoms with Gasteiger partial charge in [-0.05, 0) is 43.2 Å². The van der Waals surface area contributed by atoms with Crippen molar-refractivity contribution in [2.24, 2.45) is 5.92 Å². The van der Waals surface area contributed by atoms with Crippen LogP contribution in [0.2, 0.25) is 5.02 Å². The number of aliphatic hydroxyl groups excluding tert-OH is 1. The standard InChI is InChI=1S/C15H22ClNO3S/c1-11-5-3-7-13(15(11)16)14(18)9-12-6-4-8-17(10-12)21(2,19)20/h3,5,7,12,14,18H,4,6,8-10H2,1-2H3. The van der Waals surface area contributed by atoms with Crippen LogP contribution in [0, 0.1) is 12.8 Å². The maximum atomic E-state index is 11.6. The zero-order valence-electron chi connectivity index (χ0n) is 12.4. The molecule has 2 rings (SSSR count). The van der Waals surface area contributed by atoms with Gasteiger partial charge in [0.2, 0.25) is 10.0 Å². The van der Waals surface area contributed by atoms with Gasteiger partial charge in [0, 0.05) is 18.1 Å². The fourth-order valence-electron chi connectivity index (χ4n) is 2.89. The Bertz CT molecular complexity index is 603. The van der Waals surface area contributed by atoms with Crippen LogP contribution in [-0.2, 0) is 10.0 Å². The second kappa shape index (κ2) is 6.65. The van der Waals surface area contributed by atoms with Crippen LogP contribution in [0.15, 0.2) is 18.2 Å². The van der Waals surface area contributed by atoms with Crippen LogP contribution in [0.4, 0.5) is 0 Å². The van der Waals surface area contributed by atoms with Crippen molar-refractivity contribution in [1.29, 1.82) is 0 Å². The molecule has 1 fully saturated rings. The number of hydrogen-bond donors (Lipinski definition) is 1. The molecule has 0 aromatic heterocycles. The average Bonchev–Trinajstić information content (AvgIpc) is 2.41. The van der Waals surface area contributed by atoms with E-state index in [0.717, 1.165) is 24.0 Å². The van der Waals surface area contributed by atoms with Gasteiger partial charge in [0.05, 0.1) is 12.4 Å². The van der Waals surface area contributed by atoms with E-state index in [1.54, 1.807) is 0 Å². The van der Waals surface area contributed by atoms with E-state index < -0.39 is 16.1 Å². The summed E-state index contributed by atoms with van der Waals surface area (Å²) >= 11 is 6.24. The lowest BCUT2D eigenvalue weighted by molar-refractivity contribution is 0.123. The lowest BCUT2D eigenvalue weighted by Crippen LogP contribution is -2.39. The highest BCUT2D eigenvalue weighted by Gasteiger charge is 2.28. The molecule has 2 unspecified atom stereocenters. The number of aryl methyl sites for hydroxylation is 1. The molecule has 1 saturated heterocycles.